The second kappa shape index (κ2) is 4.51. The van der Waals surface area contributed by atoms with Gasteiger partial charge in [-0.1, -0.05) is 0 Å². The molecule has 2 heterocycles. The van der Waals surface area contributed by atoms with Crippen molar-refractivity contribution < 1.29 is 9.53 Å². The van der Waals surface area contributed by atoms with Crippen LogP contribution in [0.5, 0.6) is 0 Å². The first-order chi connectivity index (χ1) is 8.76. The quantitative estimate of drug-likeness (QED) is 0.678. The largest absolute Gasteiger partial charge is 0.376 e. The molecule has 1 aliphatic rings. The number of carbonyl (C=O) groups excluding carboxylic acids is 1. The molecule has 0 spiro atoms. The van der Waals surface area contributed by atoms with Crippen molar-refractivity contribution >= 4 is 34.6 Å². The summed E-state index contributed by atoms with van der Waals surface area (Å²) in [4.78, 5) is 19.1. The van der Waals surface area contributed by atoms with Gasteiger partial charge in [-0.25, -0.2) is 9.97 Å². The number of nitrogens with zero attached hydrogens (tertiary/aromatic N) is 2. The van der Waals surface area contributed by atoms with E-state index >= 15 is 0 Å². The van der Waals surface area contributed by atoms with Crippen LogP contribution in [0, 0.1) is 6.04 Å². The zero-order valence-electron chi connectivity index (χ0n) is 9.31. The molecule has 1 fully saturated rings. The van der Waals surface area contributed by atoms with E-state index in [0.29, 0.717) is 30.1 Å². The van der Waals surface area contributed by atoms with Gasteiger partial charge in [0.15, 0.2) is 0 Å². The third kappa shape index (κ3) is 2.02. The molecule has 5 nitrogen and oxygen atoms in total. The fourth-order valence-electron chi connectivity index (χ4n) is 1.73. The van der Waals surface area contributed by atoms with Gasteiger partial charge < -0.3 is 10.1 Å². The maximum atomic E-state index is 10.8. The van der Waals surface area contributed by atoms with Gasteiger partial charge in [-0.2, -0.15) is 0 Å². The number of aromatic nitrogens is 2. The minimum Gasteiger partial charge on any atom is -0.376 e. The van der Waals surface area contributed by atoms with Gasteiger partial charge in [0.05, 0.1) is 18.7 Å². The molecule has 1 aromatic carbocycles. The summed E-state index contributed by atoms with van der Waals surface area (Å²) in [6.45, 7) is 1.13. The van der Waals surface area contributed by atoms with E-state index in [9.17, 15) is 4.79 Å². The lowest BCUT2D eigenvalue weighted by atomic mass is 10.1. The first-order valence-electron chi connectivity index (χ1n) is 5.38. The van der Waals surface area contributed by atoms with Crippen LogP contribution in [-0.2, 0) is 4.74 Å². The van der Waals surface area contributed by atoms with Crippen molar-refractivity contribution in [2.45, 2.75) is 0 Å². The molecule has 6 heteroatoms. The summed E-state index contributed by atoms with van der Waals surface area (Å²) >= 11 is 5.87. The Labute approximate surface area is 108 Å². The Morgan fingerprint density at radius 3 is 2.83 bits per heavy atom. The Bertz CT molecular complexity index is 614. The van der Waals surface area contributed by atoms with Crippen LogP contribution in [0.25, 0.3) is 10.9 Å². The number of fused-ring (bicyclic) bond motifs is 1. The Morgan fingerprint density at radius 1 is 1.33 bits per heavy atom. The van der Waals surface area contributed by atoms with Gasteiger partial charge in [-0.15, -0.1) is 0 Å². The summed E-state index contributed by atoms with van der Waals surface area (Å²) in [5.41, 5.74) is 1.27. The molecule has 18 heavy (non-hydrogen) atoms. The first-order valence-corrected chi connectivity index (χ1v) is 5.76. The van der Waals surface area contributed by atoms with Crippen LogP contribution in [-0.4, -0.2) is 29.5 Å². The van der Waals surface area contributed by atoms with Crippen molar-refractivity contribution in [1.29, 1.82) is 0 Å². The molecule has 1 saturated heterocycles. The van der Waals surface area contributed by atoms with Crippen LogP contribution >= 0.6 is 11.6 Å². The number of hydrogen-bond donors (Lipinski definition) is 1. The molecular formula is C12H9ClN3O2. The molecule has 3 rings (SSSR count). The van der Waals surface area contributed by atoms with Gasteiger partial charge in [0.1, 0.15) is 18.1 Å². The van der Waals surface area contributed by atoms with E-state index in [2.05, 4.69) is 15.3 Å². The molecule has 0 aliphatic carbocycles. The minimum absolute atomic E-state index is 0.171. The predicted octanol–water partition coefficient (Wildman–Crippen LogP) is 2.07. The van der Waals surface area contributed by atoms with E-state index in [1.165, 1.54) is 0 Å². The zero-order chi connectivity index (χ0) is 12.5. The third-order valence-corrected chi connectivity index (χ3v) is 2.85. The van der Waals surface area contributed by atoms with E-state index in [-0.39, 0.29) is 5.28 Å². The standard InChI is InChI=1S/C12H9ClN3O2/c13-12-15-10-2-1-7(4-17)3-9(10)11(16-12)14-8-5-18-6-8/h1-4H,5-6H2,(H,14,15,16). The first kappa shape index (κ1) is 11.4. The van der Waals surface area contributed by atoms with Crippen LogP contribution in [0.1, 0.15) is 10.4 Å². The predicted molar refractivity (Wildman–Crippen MR) is 67.6 cm³/mol. The van der Waals surface area contributed by atoms with Crippen molar-refractivity contribution in [1.82, 2.24) is 9.97 Å². The van der Waals surface area contributed by atoms with Gasteiger partial charge in [-0.05, 0) is 29.8 Å². The Morgan fingerprint density at radius 2 is 2.17 bits per heavy atom. The fourth-order valence-corrected chi connectivity index (χ4v) is 1.91. The van der Waals surface area contributed by atoms with Crippen molar-refractivity contribution in [3.8, 4) is 0 Å². The van der Waals surface area contributed by atoms with Crippen LogP contribution < -0.4 is 5.32 Å². The van der Waals surface area contributed by atoms with E-state index in [4.69, 9.17) is 16.3 Å². The topological polar surface area (TPSA) is 64.1 Å². The molecule has 0 unspecified atom stereocenters. The third-order valence-electron chi connectivity index (χ3n) is 2.68. The zero-order valence-corrected chi connectivity index (χ0v) is 10.1. The van der Waals surface area contributed by atoms with E-state index < -0.39 is 0 Å². The molecule has 91 valence electrons. The summed E-state index contributed by atoms with van der Waals surface area (Å²) in [6, 6.07) is 6.21. The summed E-state index contributed by atoms with van der Waals surface area (Å²) in [6.07, 6.45) is 0.789. The second-order valence-corrected chi connectivity index (χ2v) is 4.30. The number of hydrogen-bond acceptors (Lipinski definition) is 5. The van der Waals surface area contributed by atoms with E-state index in [1.807, 2.05) is 0 Å². The molecule has 0 bridgehead atoms. The molecule has 2 aromatic rings. The maximum Gasteiger partial charge on any atom is 0.224 e. The van der Waals surface area contributed by atoms with Crippen molar-refractivity contribution in [2.75, 3.05) is 18.5 Å². The van der Waals surface area contributed by atoms with E-state index in [1.54, 1.807) is 18.2 Å². The highest BCUT2D eigenvalue weighted by molar-refractivity contribution is 6.28. The number of rotatable bonds is 3. The number of nitrogens with one attached hydrogen (secondary N) is 1. The molecular weight excluding hydrogens is 254 g/mol. The lowest BCUT2D eigenvalue weighted by Crippen LogP contribution is -2.32. The lowest BCUT2D eigenvalue weighted by molar-refractivity contribution is 0.0698. The van der Waals surface area contributed by atoms with Gasteiger partial charge in [0, 0.05) is 10.9 Å². The number of halogens is 1. The highest BCUT2D eigenvalue weighted by atomic mass is 35.5. The Hall–Kier alpha value is -1.72. The highest BCUT2D eigenvalue weighted by Crippen LogP contribution is 2.26. The van der Waals surface area contributed by atoms with Crippen LogP contribution in [0.15, 0.2) is 18.2 Å². The molecule has 1 aromatic heterocycles. The highest BCUT2D eigenvalue weighted by Gasteiger charge is 2.21. The molecule has 1 N–H and O–H groups in total. The number of aldehydes is 1. The average Bonchev–Trinajstić information content (AvgIpc) is 2.33. The Kier molecular flexibility index (Phi) is 2.85. The SMILES string of the molecule is O=Cc1ccc2nc(Cl)nc(N[C]3COC3)c2c1. The normalized spacial score (nSPS) is 15.4. The van der Waals surface area contributed by atoms with Gasteiger partial charge >= 0.3 is 0 Å². The number of anilines is 1. The minimum atomic E-state index is 0.171. The molecule has 0 atom stereocenters. The smallest absolute Gasteiger partial charge is 0.224 e. The summed E-state index contributed by atoms with van der Waals surface area (Å²) in [5, 5.41) is 4.09. The Balaban J connectivity index is 2.10. The number of carbonyl (C=O) groups is 1. The number of ether oxygens (including phenoxy) is 1. The van der Waals surface area contributed by atoms with Crippen molar-refractivity contribution in [3.63, 3.8) is 0 Å². The lowest BCUT2D eigenvalue weighted by Gasteiger charge is -2.26. The summed E-state index contributed by atoms with van der Waals surface area (Å²) < 4.78 is 5.06. The molecule has 1 aliphatic heterocycles. The molecule has 0 amide bonds. The van der Waals surface area contributed by atoms with Crippen molar-refractivity contribution in [3.05, 3.63) is 35.1 Å². The monoisotopic (exact) mass is 262 g/mol. The maximum absolute atomic E-state index is 10.8. The molecule has 0 saturated carbocycles. The van der Waals surface area contributed by atoms with Crippen LogP contribution in [0.3, 0.4) is 0 Å². The van der Waals surface area contributed by atoms with E-state index in [0.717, 1.165) is 17.7 Å². The number of benzene rings is 1. The summed E-state index contributed by atoms with van der Waals surface area (Å²) in [5.74, 6) is 0.604. The molecule has 1 radical (unpaired) electrons. The van der Waals surface area contributed by atoms with Crippen LogP contribution in [0.4, 0.5) is 5.82 Å². The summed E-state index contributed by atoms with van der Waals surface area (Å²) in [7, 11) is 0. The second-order valence-electron chi connectivity index (χ2n) is 3.96. The van der Waals surface area contributed by atoms with Gasteiger partial charge in [0.2, 0.25) is 5.28 Å². The van der Waals surface area contributed by atoms with Gasteiger partial charge in [-0.3, -0.25) is 4.79 Å². The average molecular weight is 263 g/mol. The fraction of sp³-hybridized carbons (Fsp3) is 0.167. The van der Waals surface area contributed by atoms with Crippen molar-refractivity contribution in [2.24, 2.45) is 0 Å². The van der Waals surface area contributed by atoms with Gasteiger partial charge in [0.25, 0.3) is 0 Å². The van der Waals surface area contributed by atoms with Crippen LogP contribution in [0.2, 0.25) is 5.28 Å².